The third-order valence-corrected chi connectivity index (χ3v) is 3.63. The highest BCUT2D eigenvalue weighted by atomic mass is 32.1. The first-order valence-electron chi connectivity index (χ1n) is 5.58. The largest absolute Gasteiger partial charge is 0.467 e. The minimum Gasteiger partial charge on any atom is -0.467 e. The summed E-state index contributed by atoms with van der Waals surface area (Å²) in [7, 11) is 0. The van der Waals surface area contributed by atoms with Crippen LogP contribution in [0.4, 0.5) is 9.52 Å². The molecule has 0 radical (unpaired) electrons. The molecule has 1 aromatic carbocycles. The standard InChI is InChI=1S/C13H11FN2OS/c1-8(11-3-2-6-17-11)15-13-16-10-7-9(14)4-5-12(10)18-13/h2-8H,1H3,(H,15,16). The molecule has 3 nitrogen and oxygen atoms in total. The first kappa shape index (κ1) is 11.2. The predicted molar refractivity (Wildman–Crippen MR) is 70.3 cm³/mol. The number of nitrogens with one attached hydrogen (secondary N) is 1. The summed E-state index contributed by atoms with van der Waals surface area (Å²) in [5, 5.41) is 4.01. The molecule has 0 saturated carbocycles. The maximum absolute atomic E-state index is 13.1. The van der Waals surface area contributed by atoms with Gasteiger partial charge >= 0.3 is 0 Å². The molecular formula is C13H11FN2OS. The van der Waals surface area contributed by atoms with Crippen molar-refractivity contribution < 1.29 is 8.81 Å². The average molecular weight is 262 g/mol. The number of benzene rings is 1. The van der Waals surface area contributed by atoms with Gasteiger partial charge in [-0.15, -0.1) is 0 Å². The van der Waals surface area contributed by atoms with Crippen LogP contribution in [0.25, 0.3) is 10.2 Å². The van der Waals surface area contributed by atoms with Crippen LogP contribution in [0.5, 0.6) is 0 Å². The van der Waals surface area contributed by atoms with Gasteiger partial charge in [0, 0.05) is 6.07 Å². The first-order valence-corrected chi connectivity index (χ1v) is 6.40. The smallest absolute Gasteiger partial charge is 0.184 e. The molecule has 1 unspecified atom stereocenters. The van der Waals surface area contributed by atoms with Crippen molar-refractivity contribution in [1.29, 1.82) is 0 Å². The van der Waals surface area contributed by atoms with Gasteiger partial charge in [-0.3, -0.25) is 0 Å². The van der Waals surface area contributed by atoms with Crippen molar-refractivity contribution in [3.63, 3.8) is 0 Å². The summed E-state index contributed by atoms with van der Waals surface area (Å²) >= 11 is 1.50. The van der Waals surface area contributed by atoms with Crippen molar-refractivity contribution in [3.8, 4) is 0 Å². The van der Waals surface area contributed by atoms with E-state index in [2.05, 4.69) is 10.3 Å². The number of fused-ring (bicyclic) bond motifs is 1. The van der Waals surface area contributed by atoms with Crippen LogP contribution in [0, 0.1) is 5.82 Å². The van der Waals surface area contributed by atoms with Crippen molar-refractivity contribution in [2.75, 3.05) is 5.32 Å². The Bertz CT molecular complexity index is 663. The van der Waals surface area contributed by atoms with Crippen molar-refractivity contribution in [2.24, 2.45) is 0 Å². The van der Waals surface area contributed by atoms with Gasteiger partial charge in [-0.25, -0.2) is 9.37 Å². The highest BCUT2D eigenvalue weighted by Gasteiger charge is 2.11. The van der Waals surface area contributed by atoms with Gasteiger partial charge in [0.2, 0.25) is 0 Å². The Labute approximate surface area is 107 Å². The van der Waals surface area contributed by atoms with Gasteiger partial charge in [0.25, 0.3) is 0 Å². The molecule has 2 aromatic heterocycles. The van der Waals surface area contributed by atoms with Crippen LogP contribution in [0.2, 0.25) is 0 Å². The van der Waals surface area contributed by atoms with Crippen LogP contribution in [-0.2, 0) is 0 Å². The number of halogens is 1. The Kier molecular flexibility index (Phi) is 2.76. The van der Waals surface area contributed by atoms with Gasteiger partial charge in [0.05, 0.1) is 22.5 Å². The molecule has 0 fully saturated rings. The van der Waals surface area contributed by atoms with E-state index in [1.54, 1.807) is 12.3 Å². The molecule has 1 atom stereocenters. The number of nitrogens with zero attached hydrogens (tertiary/aromatic N) is 1. The lowest BCUT2D eigenvalue weighted by Gasteiger charge is -2.08. The van der Waals surface area contributed by atoms with E-state index in [1.807, 2.05) is 19.1 Å². The summed E-state index contributed by atoms with van der Waals surface area (Å²) in [6.45, 7) is 1.99. The topological polar surface area (TPSA) is 38.1 Å². The van der Waals surface area contributed by atoms with Crippen LogP contribution in [0.3, 0.4) is 0 Å². The van der Waals surface area contributed by atoms with E-state index in [0.717, 1.165) is 15.6 Å². The Balaban J connectivity index is 1.86. The molecule has 0 aliphatic heterocycles. The van der Waals surface area contributed by atoms with E-state index in [1.165, 1.54) is 23.5 Å². The molecule has 18 heavy (non-hydrogen) atoms. The third-order valence-electron chi connectivity index (χ3n) is 2.66. The van der Waals surface area contributed by atoms with Crippen LogP contribution in [0.1, 0.15) is 18.7 Å². The maximum atomic E-state index is 13.1. The van der Waals surface area contributed by atoms with E-state index < -0.39 is 0 Å². The minimum atomic E-state index is -0.265. The van der Waals surface area contributed by atoms with Crippen LogP contribution >= 0.6 is 11.3 Å². The van der Waals surface area contributed by atoms with Crippen molar-refractivity contribution in [2.45, 2.75) is 13.0 Å². The molecule has 0 saturated heterocycles. The highest BCUT2D eigenvalue weighted by Crippen LogP contribution is 2.29. The lowest BCUT2D eigenvalue weighted by Crippen LogP contribution is -2.04. The molecule has 3 rings (SSSR count). The maximum Gasteiger partial charge on any atom is 0.184 e. The molecule has 2 heterocycles. The zero-order valence-corrected chi connectivity index (χ0v) is 10.5. The number of aromatic nitrogens is 1. The second-order valence-corrected chi connectivity index (χ2v) is 5.04. The van der Waals surface area contributed by atoms with Crippen molar-refractivity contribution in [3.05, 3.63) is 48.2 Å². The Hall–Kier alpha value is -1.88. The molecule has 0 bridgehead atoms. The normalized spacial score (nSPS) is 12.8. The average Bonchev–Trinajstić information content (AvgIpc) is 2.95. The fourth-order valence-corrected chi connectivity index (χ4v) is 2.69. The van der Waals surface area contributed by atoms with E-state index in [9.17, 15) is 4.39 Å². The van der Waals surface area contributed by atoms with E-state index >= 15 is 0 Å². The van der Waals surface area contributed by atoms with Gasteiger partial charge in [-0.2, -0.15) is 0 Å². The Morgan fingerprint density at radius 3 is 3.06 bits per heavy atom. The van der Waals surface area contributed by atoms with Gasteiger partial charge in [-0.05, 0) is 31.2 Å². The van der Waals surface area contributed by atoms with E-state index in [-0.39, 0.29) is 11.9 Å². The van der Waals surface area contributed by atoms with Gasteiger partial charge in [0.1, 0.15) is 11.6 Å². The Morgan fingerprint density at radius 1 is 1.39 bits per heavy atom. The number of thiazole rings is 1. The highest BCUT2D eigenvalue weighted by molar-refractivity contribution is 7.22. The van der Waals surface area contributed by atoms with Crippen LogP contribution in [0.15, 0.2) is 41.0 Å². The minimum absolute atomic E-state index is 0.0328. The monoisotopic (exact) mass is 262 g/mol. The molecule has 3 aromatic rings. The van der Waals surface area contributed by atoms with E-state index in [4.69, 9.17) is 4.42 Å². The summed E-state index contributed by atoms with van der Waals surface area (Å²) in [4.78, 5) is 4.35. The molecular weight excluding hydrogens is 251 g/mol. The zero-order chi connectivity index (χ0) is 12.5. The molecule has 0 amide bonds. The summed E-state index contributed by atoms with van der Waals surface area (Å²) in [5.74, 6) is 0.582. The second-order valence-electron chi connectivity index (χ2n) is 4.01. The predicted octanol–water partition coefficient (Wildman–Crippen LogP) is 4.20. The number of hydrogen-bond donors (Lipinski definition) is 1. The molecule has 0 aliphatic rings. The lowest BCUT2D eigenvalue weighted by molar-refractivity contribution is 0.490. The van der Waals surface area contributed by atoms with Crippen LogP contribution in [-0.4, -0.2) is 4.98 Å². The molecule has 5 heteroatoms. The van der Waals surface area contributed by atoms with Crippen molar-refractivity contribution in [1.82, 2.24) is 4.98 Å². The van der Waals surface area contributed by atoms with Gasteiger partial charge in [0.15, 0.2) is 5.13 Å². The summed E-state index contributed by atoms with van der Waals surface area (Å²) < 4.78 is 19.3. The number of rotatable bonds is 3. The zero-order valence-electron chi connectivity index (χ0n) is 9.68. The molecule has 0 aliphatic carbocycles. The first-order chi connectivity index (χ1) is 8.72. The SMILES string of the molecule is CC(Nc1nc2cc(F)ccc2s1)c1ccco1. The number of furan rings is 1. The summed E-state index contributed by atoms with van der Waals surface area (Å²) in [6.07, 6.45) is 1.64. The van der Waals surface area contributed by atoms with E-state index in [0.29, 0.717) is 5.52 Å². The van der Waals surface area contributed by atoms with Gasteiger partial charge in [-0.1, -0.05) is 11.3 Å². The summed E-state index contributed by atoms with van der Waals surface area (Å²) in [5.41, 5.74) is 0.675. The molecule has 1 N–H and O–H groups in total. The fraction of sp³-hybridized carbons (Fsp3) is 0.154. The number of anilines is 1. The van der Waals surface area contributed by atoms with Gasteiger partial charge < -0.3 is 9.73 Å². The van der Waals surface area contributed by atoms with Crippen molar-refractivity contribution >= 4 is 26.7 Å². The summed E-state index contributed by atoms with van der Waals surface area (Å²) in [6, 6.07) is 8.41. The Morgan fingerprint density at radius 2 is 2.28 bits per heavy atom. The quantitative estimate of drug-likeness (QED) is 0.768. The lowest BCUT2D eigenvalue weighted by atomic mass is 10.3. The fourth-order valence-electron chi connectivity index (χ4n) is 1.76. The second kappa shape index (κ2) is 4.42. The molecule has 0 spiro atoms. The molecule has 92 valence electrons. The number of hydrogen-bond acceptors (Lipinski definition) is 4. The third kappa shape index (κ3) is 2.09. The van der Waals surface area contributed by atoms with Crippen LogP contribution < -0.4 is 5.32 Å².